The van der Waals surface area contributed by atoms with Gasteiger partial charge < -0.3 is 9.84 Å². The molecule has 0 radical (unpaired) electrons. The van der Waals surface area contributed by atoms with Crippen LogP contribution in [-0.4, -0.2) is 24.3 Å². The molecule has 2 rings (SSSR count). The summed E-state index contributed by atoms with van der Waals surface area (Å²) in [6, 6.07) is 9.61. The number of ether oxygens (including phenoxy) is 1. The molecule has 0 bridgehead atoms. The van der Waals surface area contributed by atoms with Crippen LogP contribution < -0.4 is 0 Å². The fraction of sp³-hybridized carbons (Fsp3) is 0.250. The van der Waals surface area contributed by atoms with E-state index in [1.165, 1.54) is 0 Å². The van der Waals surface area contributed by atoms with E-state index in [2.05, 4.69) is 0 Å². The van der Waals surface area contributed by atoms with Crippen molar-refractivity contribution in [1.29, 1.82) is 0 Å². The van der Waals surface area contributed by atoms with E-state index < -0.39 is 5.97 Å². The van der Waals surface area contributed by atoms with Crippen molar-refractivity contribution in [2.75, 3.05) is 13.2 Å². The SMILES string of the molecule is O=C(O)C(Cc1ccccc1)=C1COC1. The van der Waals surface area contributed by atoms with Crippen LogP contribution >= 0.6 is 0 Å². The predicted octanol–water partition coefficient (Wildman–Crippen LogP) is 1.64. The second-order valence-corrected chi connectivity index (χ2v) is 3.54. The summed E-state index contributed by atoms with van der Waals surface area (Å²) >= 11 is 0. The van der Waals surface area contributed by atoms with E-state index in [0.29, 0.717) is 25.2 Å². The number of hydrogen-bond donors (Lipinski definition) is 1. The van der Waals surface area contributed by atoms with Gasteiger partial charge in [0, 0.05) is 12.0 Å². The highest BCUT2D eigenvalue weighted by Gasteiger charge is 2.20. The molecule has 1 aliphatic heterocycles. The molecule has 1 aliphatic rings. The van der Waals surface area contributed by atoms with Crippen LogP contribution in [0.4, 0.5) is 0 Å². The summed E-state index contributed by atoms with van der Waals surface area (Å²) in [7, 11) is 0. The molecule has 0 amide bonds. The largest absolute Gasteiger partial charge is 0.478 e. The first-order valence-corrected chi connectivity index (χ1v) is 4.83. The highest BCUT2D eigenvalue weighted by Crippen LogP contribution is 2.18. The van der Waals surface area contributed by atoms with Gasteiger partial charge in [-0.3, -0.25) is 0 Å². The number of carbonyl (C=O) groups is 1. The Bertz CT molecular complexity index is 387. The molecule has 0 aromatic heterocycles. The molecule has 0 saturated carbocycles. The van der Waals surface area contributed by atoms with Crippen LogP contribution in [0.25, 0.3) is 0 Å². The predicted molar refractivity (Wildman–Crippen MR) is 55.6 cm³/mol. The van der Waals surface area contributed by atoms with Gasteiger partial charge in [0.1, 0.15) is 0 Å². The van der Waals surface area contributed by atoms with Crippen molar-refractivity contribution in [2.24, 2.45) is 0 Å². The molecular formula is C12H12O3. The average Bonchev–Trinajstić information content (AvgIpc) is 2.15. The van der Waals surface area contributed by atoms with Crippen molar-refractivity contribution >= 4 is 5.97 Å². The van der Waals surface area contributed by atoms with E-state index >= 15 is 0 Å². The monoisotopic (exact) mass is 204 g/mol. The topological polar surface area (TPSA) is 46.5 Å². The normalized spacial score (nSPS) is 14.5. The van der Waals surface area contributed by atoms with E-state index in [4.69, 9.17) is 9.84 Å². The molecule has 1 aromatic rings. The second-order valence-electron chi connectivity index (χ2n) is 3.54. The van der Waals surface area contributed by atoms with Gasteiger partial charge >= 0.3 is 5.97 Å². The van der Waals surface area contributed by atoms with E-state index in [9.17, 15) is 4.79 Å². The number of aliphatic carboxylic acids is 1. The molecule has 3 heteroatoms. The Morgan fingerprint density at radius 2 is 1.93 bits per heavy atom. The first-order valence-electron chi connectivity index (χ1n) is 4.83. The van der Waals surface area contributed by atoms with Gasteiger partial charge in [0.2, 0.25) is 0 Å². The molecule has 0 atom stereocenters. The lowest BCUT2D eigenvalue weighted by atomic mass is 9.99. The fourth-order valence-corrected chi connectivity index (χ4v) is 1.53. The van der Waals surface area contributed by atoms with Crippen LogP contribution in [0.15, 0.2) is 41.5 Å². The molecule has 15 heavy (non-hydrogen) atoms. The highest BCUT2D eigenvalue weighted by atomic mass is 16.5. The van der Waals surface area contributed by atoms with Gasteiger partial charge in [-0.25, -0.2) is 4.79 Å². The zero-order valence-electron chi connectivity index (χ0n) is 8.27. The summed E-state index contributed by atoms with van der Waals surface area (Å²) in [6.07, 6.45) is 0.481. The third-order valence-electron chi connectivity index (χ3n) is 2.46. The van der Waals surface area contributed by atoms with Gasteiger partial charge in [-0.15, -0.1) is 0 Å². The number of hydrogen-bond acceptors (Lipinski definition) is 2. The van der Waals surface area contributed by atoms with Crippen LogP contribution in [0.1, 0.15) is 5.56 Å². The minimum Gasteiger partial charge on any atom is -0.478 e. The standard InChI is InChI=1S/C12H12O3/c13-12(14)11(10-7-15-8-10)6-9-4-2-1-3-5-9/h1-5H,6-8H2,(H,13,14). The molecule has 0 spiro atoms. The summed E-state index contributed by atoms with van der Waals surface area (Å²) in [6.45, 7) is 0.933. The Kier molecular flexibility index (Phi) is 2.83. The van der Waals surface area contributed by atoms with Crippen LogP contribution in [0.2, 0.25) is 0 Å². The van der Waals surface area contributed by atoms with E-state index in [-0.39, 0.29) is 0 Å². The minimum absolute atomic E-state index is 0.467. The summed E-state index contributed by atoms with van der Waals surface area (Å²) in [5.74, 6) is -0.836. The van der Waals surface area contributed by atoms with Crippen molar-refractivity contribution in [3.8, 4) is 0 Å². The van der Waals surface area contributed by atoms with Gasteiger partial charge in [-0.2, -0.15) is 0 Å². The summed E-state index contributed by atoms with van der Waals surface area (Å²) in [4.78, 5) is 11.0. The number of carboxylic acid groups (broad SMARTS) is 1. The summed E-state index contributed by atoms with van der Waals surface area (Å²) < 4.78 is 4.98. The second kappa shape index (κ2) is 4.28. The zero-order valence-corrected chi connectivity index (χ0v) is 8.27. The first-order chi connectivity index (χ1) is 7.27. The summed E-state index contributed by atoms with van der Waals surface area (Å²) in [5, 5.41) is 9.06. The maximum Gasteiger partial charge on any atom is 0.332 e. The third-order valence-corrected chi connectivity index (χ3v) is 2.46. The van der Waals surface area contributed by atoms with Crippen molar-refractivity contribution in [1.82, 2.24) is 0 Å². The molecule has 1 aromatic carbocycles. The molecule has 3 nitrogen and oxygen atoms in total. The Hall–Kier alpha value is -1.61. The Morgan fingerprint density at radius 1 is 1.27 bits per heavy atom. The van der Waals surface area contributed by atoms with Gasteiger partial charge in [-0.1, -0.05) is 30.3 Å². The van der Waals surface area contributed by atoms with Crippen LogP contribution in [0.3, 0.4) is 0 Å². The van der Waals surface area contributed by atoms with Crippen LogP contribution in [-0.2, 0) is 16.0 Å². The third kappa shape index (κ3) is 2.25. The van der Waals surface area contributed by atoms with E-state index in [1.54, 1.807) is 0 Å². The average molecular weight is 204 g/mol. The highest BCUT2D eigenvalue weighted by molar-refractivity contribution is 5.88. The lowest BCUT2D eigenvalue weighted by Gasteiger charge is -2.20. The number of rotatable bonds is 3. The molecule has 78 valence electrons. The van der Waals surface area contributed by atoms with Gasteiger partial charge in [-0.05, 0) is 11.1 Å². The van der Waals surface area contributed by atoms with Gasteiger partial charge in [0.25, 0.3) is 0 Å². The van der Waals surface area contributed by atoms with Gasteiger partial charge in [0.15, 0.2) is 0 Å². The molecular weight excluding hydrogens is 192 g/mol. The molecule has 0 unspecified atom stereocenters. The summed E-state index contributed by atoms with van der Waals surface area (Å²) in [5.41, 5.74) is 2.41. The van der Waals surface area contributed by atoms with Crippen molar-refractivity contribution in [3.05, 3.63) is 47.0 Å². The molecule has 0 aliphatic carbocycles. The van der Waals surface area contributed by atoms with Crippen LogP contribution in [0.5, 0.6) is 0 Å². The molecule has 1 heterocycles. The smallest absolute Gasteiger partial charge is 0.332 e. The van der Waals surface area contributed by atoms with Crippen molar-refractivity contribution < 1.29 is 14.6 Å². The number of benzene rings is 1. The quantitative estimate of drug-likeness (QED) is 0.761. The lowest BCUT2D eigenvalue weighted by Crippen LogP contribution is -2.22. The van der Waals surface area contributed by atoms with Crippen molar-refractivity contribution in [2.45, 2.75) is 6.42 Å². The molecule has 1 saturated heterocycles. The van der Waals surface area contributed by atoms with Crippen molar-refractivity contribution in [3.63, 3.8) is 0 Å². The molecule has 1 N–H and O–H groups in total. The minimum atomic E-state index is -0.836. The maximum absolute atomic E-state index is 11.0. The Labute approximate surface area is 88.0 Å². The Morgan fingerprint density at radius 3 is 2.40 bits per heavy atom. The number of carboxylic acids is 1. The van der Waals surface area contributed by atoms with E-state index in [1.807, 2.05) is 30.3 Å². The van der Waals surface area contributed by atoms with E-state index in [0.717, 1.165) is 11.1 Å². The maximum atomic E-state index is 11.0. The Balaban J connectivity index is 2.18. The van der Waals surface area contributed by atoms with Crippen LogP contribution in [0, 0.1) is 0 Å². The zero-order chi connectivity index (χ0) is 10.7. The van der Waals surface area contributed by atoms with Gasteiger partial charge in [0.05, 0.1) is 13.2 Å². The molecule has 1 fully saturated rings. The lowest BCUT2D eigenvalue weighted by molar-refractivity contribution is -0.133. The first kappa shape index (κ1) is 9.93. The fourth-order valence-electron chi connectivity index (χ4n) is 1.53.